The molecule has 0 saturated carbocycles. The lowest BCUT2D eigenvalue weighted by Crippen LogP contribution is -2.30. The number of rotatable bonds is 8. The van der Waals surface area contributed by atoms with Gasteiger partial charge in [-0.05, 0) is 41.5 Å². The molecule has 0 saturated heterocycles. The van der Waals surface area contributed by atoms with E-state index in [4.69, 9.17) is 0 Å². The number of carbonyl (C=O) groups is 1. The van der Waals surface area contributed by atoms with Crippen molar-refractivity contribution in [1.82, 2.24) is 9.88 Å². The lowest BCUT2D eigenvalue weighted by Gasteiger charge is -2.21. The van der Waals surface area contributed by atoms with E-state index in [0.29, 0.717) is 18.7 Å². The molecule has 136 valence electrons. The van der Waals surface area contributed by atoms with E-state index in [2.05, 4.69) is 17.6 Å². The molecule has 0 fully saturated rings. The van der Waals surface area contributed by atoms with Crippen LogP contribution < -0.4 is 0 Å². The molecule has 0 aliphatic carbocycles. The van der Waals surface area contributed by atoms with Gasteiger partial charge in [0.05, 0.1) is 0 Å². The summed E-state index contributed by atoms with van der Waals surface area (Å²) in [6, 6.07) is 21.8. The molecule has 3 nitrogen and oxygen atoms in total. The molecule has 27 heavy (non-hydrogen) atoms. The zero-order valence-electron chi connectivity index (χ0n) is 15.1. The minimum Gasteiger partial charge on any atom is -0.331 e. The Morgan fingerprint density at radius 2 is 1.74 bits per heavy atom. The van der Waals surface area contributed by atoms with Crippen LogP contribution in [0.3, 0.4) is 0 Å². The molecule has 1 heterocycles. The third-order valence-corrected chi connectivity index (χ3v) is 5.17. The molecule has 0 unspecified atom stereocenters. The molecule has 0 N–H and O–H groups in total. The van der Waals surface area contributed by atoms with E-state index < -0.39 is 0 Å². The fraction of sp³-hybridized carbons (Fsp3) is 0.130. The Morgan fingerprint density at radius 3 is 2.41 bits per heavy atom. The van der Waals surface area contributed by atoms with E-state index in [9.17, 15) is 4.79 Å². The Bertz CT molecular complexity index is 864. The van der Waals surface area contributed by atoms with Crippen LogP contribution in [-0.2, 0) is 12.3 Å². The SMILES string of the molecule is C=CCN(Cc1ccccc1)C(=O)c1ccc(SCc2cccnc2)cc1. The average molecular weight is 375 g/mol. The molecule has 3 rings (SSSR count). The fourth-order valence-electron chi connectivity index (χ4n) is 2.71. The fourth-order valence-corrected chi connectivity index (χ4v) is 3.54. The molecule has 0 atom stereocenters. The molecule has 0 bridgehead atoms. The average Bonchev–Trinajstić information content (AvgIpc) is 2.73. The number of pyridine rings is 1. The van der Waals surface area contributed by atoms with Gasteiger partial charge in [-0.1, -0.05) is 42.5 Å². The summed E-state index contributed by atoms with van der Waals surface area (Å²) in [4.78, 5) is 20.0. The predicted octanol–water partition coefficient (Wildman–Crippen LogP) is 5.20. The van der Waals surface area contributed by atoms with Crippen LogP contribution in [0, 0.1) is 0 Å². The molecule has 0 aliphatic rings. The van der Waals surface area contributed by atoms with Gasteiger partial charge in [-0.15, -0.1) is 18.3 Å². The zero-order chi connectivity index (χ0) is 18.9. The minimum atomic E-state index is 0.0163. The highest BCUT2D eigenvalue weighted by molar-refractivity contribution is 7.98. The second-order valence-electron chi connectivity index (χ2n) is 6.13. The van der Waals surface area contributed by atoms with Gasteiger partial charge < -0.3 is 4.90 Å². The number of benzene rings is 2. The van der Waals surface area contributed by atoms with E-state index in [0.717, 1.165) is 16.2 Å². The molecular weight excluding hydrogens is 352 g/mol. The smallest absolute Gasteiger partial charge is 0.254 e. The minimum absolute atomic E-state index is 0.0163. The van der Waals surface area contributed by atoms with Crippen LogP contribution in [0.25, 0.3) is 0 Å². The van der Waals surface area contributed by atoms with Crippen molar-refractivity contribution in [3.63, 3.8) is 0 Å². The van der Waals surface area contributed by atoms with Gasteiger partial charge in [0.15, 0.2) is 0 Å². The van der Waals surface area contributed by atoms with Gasteiger partial charge in [-0.3, -0.25) is 9.78 Å². The first-order valence-corrected chi connectivity index (χ1v) is 9.80. The Morgan fingerprint density at radius 1 is 1.00 bits per heavy atom. The van der Waals surface area contributed by atoms with Crippen LogP contribution in [0.2, 0.25) is 0 Å². The van der Waals surface area contributed by atoms with Crippen LogP contribution in [-0.4, -0.2) is 22.3 Å². The van der Waals surface area contributed by atoms with Crippen molar-refractivity contribution in [2.45, 2.75) is 17.2 Å². The number of amides is 1. The second kappa shape index (κ2) is 9.74. The predicted molar refractivity (Wildman–Crippen MR) is 112 cm³/mol. The van der Waals surface area contributed by atoms with Crippen LogP contribution >= 0.6 is 11.8 Å². The molecule has 1 aromatic heterocycles. The van der Waals surface area contributed by atoms with Crippen molar-refractivity contribution < 1.29 is 4.79 Å². The van der Waals surface area contributed by atoms with E-state index in [1.165, 1.54) is 5.56 Å². The summed E-state index contributed by atoms with van der Waals surface area (Å²) in [6.07, 6.45) is 5.42. The number of hydrogen-bond donors (Lipinski definition) is 0. The number of carbonyl (C=O) groups excluding carboxylic acids is 1. The Labute approximate surface area is 164 Å². The number of nitrogens with zero attached hydrogens (tertiary/aromatic N) is 2. The highest BCUT2D eigenvalue weighted by Crippen LogP contribution is 2.23. The van der Waals surface area contributed by atoms with Gasteiger partial charge in [0.25, 0.3) is 5.91 Å². The largest absolute Gasteiger partial charge is 0.331 e. The molecule has 1 amide bonds. The third-order valence-electron chi connectivity index (χ3n) is 4.08. The van der Waals surface area contributed by atoms with Crippen molar-refractivity contribution in [1.29, 1.82) is 0 Å². The summed E-state index contributed by atoms with van der Waals surface area (Å²) >= 11 is 1.73. The Balaban J connectivity index is 1.65. The van der Waals surface area contributed by atoms with Gasteiger partial charge in [-0.25, -0.2) is 0 Å². The summed E-state index contributed by atoms with van der Waals surface area (Å²) < 4.78 is 0. The summed E-state index contributed by atoms with van der Waals surface area (Å²) in [5, 5.41) is 0. The van der Waals surface area contributed by atoms with Crippen LogP contribution in [0.5, 0.6) is 0 Å². The topological polar surface area (TPSA) is 33.2 Å². The van der Waals surface area contributed by atoms with Crippen molar-refractivity contribution in [3.8, 4) is 0 Å². The number of hydrogen-bond acceptors (Lipinski definition) is 3. The molecule has 0 aliphatic heterocycles. The highest BCUT2D eigenvalue weighted by atomic mass is 32.2. The van der Waals surface area contributed by atoms with Crippen molar-refractivity contribution >= 4 is 17.7 Å². The summed E-state index contributed by atoms with van der Waals surface area (Å²) in [7, 11) is 0. The van der Waals surface area contributed by atoms with Crippen molar-refractivity contribution in [3.05, 3.63) is 108 Å². The maximum Gasteiger partial charge on any atom is 0.254 e. The Hall–Kier alpha value is -2.85. The number of thioether (sulfide) groups is 1. The monoisotopic (exact) mass is 374 g/mol. The van der Waals surface area contributed by atoms with Gasteiger partial charge in [-0.2, -0.15) is 0 Å². The van der Waals surface area contributed by atoms with Gasteiger partial charge in [0.1, 0.15) is 0 Å². The quantitative estimate of drug-likeness (QED) is 0.401. The van der Waals surface area contributed by atoms with Crippen LogP contribution in [0.15, 0.2) is 96.7 Å². The summed E-state index contributed by atoms with van der Waals surface area (Å²) in [5.74, 6) is 0.875. The molecular formula is C23H22N2OS. The Kier molecular flexibility index (Phi) is 6.83. The zero-order valence-corrected chi connectivity index (χ0v) is 15.9. The maximum atomic E-state index is 12.9. The van der Waals surface area contributed by atoms with Gasteiger partial charge in [0, 0.05) is 41.7 Å². The standard InChI is InChI=1S/C23H22N2OS/c1-2-15-25(17-19-7-4-3-5-8-19)23(26)21-10-12-22(13-11-21)27-18-20-9-6-14-24-16-20/h2-14,16H,1,15,17-18H2. The van der Waals surface area contributed by atoms with E-state index in [-0.39, 0.29) is 5.91 Å². The molecule has 0 spiro atoms. The second-order valence-corrected chi connectivity index (χ2v) is 7.18. The highest BCUT2D eigenvalue weighted by Gasteiger charge is 2.15. The molecule has 2 aromatic carbocycles. The molecule has 3 aromatic rings. The van der Waals surface area contributed by atoms with Crippen LogP contribution in [0.4, 0.5) is 0 Å². The summed E-state index contributed by atoms with van der Waals surface area (Å²) in [5.41, 5.74) is 2.98. The van der Waals surface area contributed by atoms with E-state index in [1.807, 2.05) is 66.9 Å². The maximum absolute atomic E-state index is 12.9. The van der Waals surface area contributed by atoms with Crippen LogP contribution in [0.1, 0.15) is 21.5 Å². The lowest BCUT2D eigenvalue weighted by atomic mass is 10.1. The van der Waals surface area contributed by atoms with Gasteiger partial charge >= 0.3 is 0 Å². The first-order valence-electron chi connectivity index (χ1n) is 8.82. The van der Waals surface area contributed by atoms with E-state index in [1.54, 1.807) is 28.9 Å². The van der Waals surface area contributed by atoms with Crippen molar-refractivity contribution in [2.24, 2.45) is 0 Å². The number of aromatic nitrogens is 1. The van der Waals surface area contributed by atoms with Gasteiger partial charge in [0.2, 0.25) is 0 Å². The lowest BCUT2D eigenvalue weighted by molar-refractivity contribution is 0.0762. The van der Waals surface area contributed by atoms with Crippen molar-refractivity contribution in [2.75, 3.05) is 6.54 Å². The molecule has 4 heteroatoms. The normalized spacial score (nSPS) is 10.4. The summed E-state index contributed by atoms with van der Waals surface area (Å²) in [6.45, 7) is 4.87. The first-order chi connectivity index (χ1) is 13.3. The van der Waals surface area contributed by atoms with E-state index >= 15 is 0 Å². The molecule has 0 radical (unpaired) electrons. The third kappa shape index (κ3) is 5.56. The first kappa shape index (κ1) is 18.9.